The first-order valence-corrected chi connectivity index (χ1v) is 23.5. The molecule has 0 spiro atoms. The highest BCUT2D eigenvalue weighted by molar-refractivity contribution is 7.97. The number of rotatable bonds is 5. The maximum atomic E-state index is 14.2. The minimum absolute atomic E-state index is 0.691. The van der Waals surface area contributed by atoms with Crippen LogP contribution in [0.1, 0.15) is 44.5 Å². The lowest BCUT2D eigenvalue weighted by molar-refractivity contribution is -0.144. The van der Waals surface area contributed by atoms with Crippen LogP contribution in [0, 0.1) is 0 Å². The molecule has 0 saturated carbocycles. The van der Waals surface area contributed by atoms with Crippen molar-refractivity contribution in [2.24, 2.45) is 0 Å². The van der Waals surface area contributed by atoms with Gasteiger partial charge < -0.3 is 0 Å². The first-order valence-electron chi connectivity index (χ1n) is 18.1. The van der Waals surface area contributed by atoms with Crippen molar-refractivity contribution < 1.29 is 105 Å². The Labute approximate surface area is 441 Å². The third-order valence-corrected chi connectivity index (χ3v) is 16.0. The summed E-state index contributed by atoms with van der Waals surface area (Å²) in [6, 6.07) is -8.81. The van der Waals surface area contributed by atoms with Crippen LogP contribution in [-0.2, 0) is 60.3 Å². The van der Waals surface area contributed by atoms with Crippen LogP contribution in [0.5, 0.6) is 0 Å². The van der Waals surface area contributed by atoms with Gasteiger partial charge in [-0.3, -0.25) is 0 Å². The normalized spacial score (nSPS) is 14.6. The molecular weight excluding hydrogens is 1270 g/mol. The Hall–Kier alpha value is -1.78. The zero-order valence-corrected chi connectivity index (χ0v) is 42.0. The average molecular weight is 1290 g/mol. The number of halogens is 33. The van der Waals surface area contributed by atoms with E-state index in [-0.39, 0.29) is 0 Å². The Morgan fingerprint density at radius 3 is 0.452 bits per heavy atom. The molecule has 35 heteroatoms. The van der Waals surface area contributed by atoms with Gasteiger partial charge in [-0.15, -0.1) is 0 Å². The van der Waals surface area contributed by atoms with E-state index in [1.165, 1.54) is 0 Å². The third kappa shape index (κ3) is 14.3. The van der Waals surface area contributed by atoms with E-state index in [0.717, 1.165) is 0 Å². The molecule has 0 N–H and O–H groups in total. The van der Waals surface area contributed by atoms with Crippen molar-refractivity contribution in [1.82, 2.24) is 0 Å². The summed E-state index contributed by atoms with van der Waals surface area (Å²) in [5.74, 6) is 0. The standard InChI is InChI=1S/C32H12BF24.C6H6Cl9S/c34-25(35,36)13-1-14(26(37,38)39)6-21(5-13)33(22-7-15(27(40,41)42)2-16(8-22)28(43,44)45,23-9-17(29(46,47)48)3-18(10-23)30(49,50)51)24-11-19(31(52,53)54)4-20(12-24)32(55,56)57;1-16(2)3(4(7,8)9,5(10,11)12)6(13,14)15/h1-12H;1-2H3/q-1;+1. The highest BCUT2D eigenvalue weighted by Gasteiger charge is 2.79. The lowest BCUT2D eigenvalue weighted by Gasteiger charge is -2.46. The van der Waals surface area contributed by atoms with Gasteiger partial charge in [0.15, 0.2) is 0 Å². The van der Waals surface area contributed by atoms with E-state index in [1.54, 1.807) is 12.5 Å². The van der Waals surface area contributed by atoms with Crippen LogP contribution in [0.3, 0.4) is 0 Å². The zero-order valence-electron chi connectivity index (χ0n) is 34.4. The highest BCUT2D eigenvalue weighted by Crippen LogP contribution is 2.65. The number of benzene rings is 4. The third-order valence-electron chi connectivity index (χ3n) is 10.2. The van der Waals surface area contributed by atoms with Crippen molar-refractivity contribution in [3.63, 3.8) is 0 Å². The van der Waals surface area contributed by atoms with E-state index < -0.39 is 222 Å². The largest absolute Gasteiger partial charge is 0.416 e. The predicted octanol–water partition coefficient (Wildman–Crippen LogP) is 16.9. The summed E-state index contributed by atoms with van der Waals surface area (Å²) < 4.78 is 333. The Balaban J connectivity index is 0.000000752. The highest BCUT2D eigenvalue weighted by atomic mass is 35.6. The first kappa shape index (κ1) is 65.5. The van der Waals surface area contributed by atoms with Gasteiger partial charge in [-0.2, -0.15) is 127 Å². The van der Waals surface area contributed by atoms with E-state index in [1.807, 2.05) is 0 Å². The van der Waals surface area contributed by atoms with Crippen molar-refractivity contribution in [2.45, 2.75) is 65.5 Å². The molecule has 0 unspecified atom stereocenters. The number of hydrogen-bond acceptors (Lipinski definition) is 0. The van der Waals surface area contributed by atoms with Gasteiger partial charge in [0.05, 0.1) is 57.0 Å². The van der Waals surface area contributed by atoms with Gasteiger partial charge in [0.2, 0.25) is 11.4 Å². The molecule has 0 aliphatic rings. The second-order valence-electron chi connectivity index (χ2n) is 15.2. The Bertz CT molecular complexity index is 2160. The van der Waals surface area contributed by atoms with E-state index >= 15 is 0 Å². The van der Waals surface area contributed by atoms with Crippen molar-refractivity contribution in [3.8, 4) is 0 Å². The topological polar surface area (TPSA) is 0 Å². The van der Waals surface area contributed by atoms with E-state index in [9.17, 15) is 105 Å². The molecular formula is C38H18BCl9F24S. The van der Waals surface area contributed by atoms with Crippen molar-refractivity contribution in [2.75, 3.05) is 12.5 Å². The lowest BCUT2D eigenvalue weighted by atomic mass is 9.12. The molecule has 0 nitrogen and oxygen atoms in total. The van der Waals surface area contributed by atoms with Gasteiger partial charge in [0.25, 0.3) is 4.75 Å². The van der Waals surface area contributed by atoms with Crippen LogP contribution in [-0.4, -0.2) is 34.8 Å². The fourth-order valence-corrected chi connectivity index (χ4v) is 16.7. The van der Waals surface area contributed by atoms with Crippen molar-refractivity contribution >= 4 is 143 Å². The quantitative estimate of drug-likeness (QED) is 0.0809. The van der Waals surface area contributed by atoms with Crippen LogP contribution in [0.25, 0.3) is 0 Å². The Morgan fingerprint density at radius 1 is 0.260 bits per heavy atom. The van der Waals surface area contributed by atoms with Gasteiger partial charge in [0.1, 0.15) is 6.15 Å². The minimum atomic E-state index is -6.13. The average Bonchev–Trinajstić information content (AvgIpc) is 3.13. The number of hydrogen-bond donors (Lipinski definition) is 0. The SMILES string of the molecule is C[S+](C)C(C(Cl)(Cl)Cl)(C(Cl)(Cl)Cl)C(Cl)(Cl)Cl.FC(F)(F)c1cc([B-](c2cc(C(F)(F)F)cc(C(F)(F)F)c2)(c2cc(C(F)(F)F)cc(C(F)(F)F)c2)c2cc(C(F)(F)F)cc(C(F)(F)F)c2)cc(C(F)(F)F)c1. The second kappa shape index (κ2) is 20.8. The van der Waals surface area contributed by atoms with Crippen LogP contribution < -0.4 is 21.9 Å². The maximum Gasteiger partial charge on any atom is 0.416 e. The molecule has 4 aromatic rings. The van der Waals surface area contributed by atoms with Crippen LogP contribution >= 0.6 is 104 Å². The summed E-state index contributed by atoms with van der Waals surface area (Å²) in [7, 11) is -0.808. The monoisotopic (exact) mass is 1290 g/mol. The molecule has 0 heterocycles. The molecule has 410 valence electrons. The van der Waals surface area contributed by atoms with Crippen LogP contribution in [0.2, 0.25) is 0 Å². The second-order valence-corrected chi connectivity index (χ2v) is 24.3. The molecule has 4 rings (SSSR count). The number of alkyl halides is 33. The molecule has 0 aliphatic heterocycles. The zero-order chi connectivity index (χ0) is 57.5. The summed E-state index contributed by atoms with van der Waals surface area (Å²) >= 11 is 52.7. The van der Waals surface area contributed by atoms with E-state index in [4.69, 9.17) is 104 Å². The van der Waals surface area contributed by atoms with Crippen molar-refractivity contribution in [1.29, 1.82) is 0 Å². The summed E-state index contributed by atoms with van der Waals surface area (Å²) in [6.45, 7) is 0. The van der Waals surface area contributed by atoms with Crippen molar-refractivity contribution in [3.05, 3.63) is 117 Å². The van der Waals surface area contributed by atoms with Gasteiger partial charge in [-0.05, 0) is 24.3 Å². The van der Waals surface area contributed by atoms with Gasteiger partial charge >= 0.3 is 49.4 Å². The summed E-state index contributed by atoms with van der Waals surface area (Å²) in [4.78, 5) is 0. The van der Waals surface area contributed by atoms with E-state index in [2.05, 4.69) is 0 Å². The molecule has 0 bridgehead atoms. The molecule has 0 aromatic heterocycles. The van der Waals surface area contributed by atoms with Crippen LogP contribution in [0.15, 0.2) is 72.8 Å². The molecule has 0 amide bonds. The molecule has 0 atom stereocenters. The van der Waals surface area contributed by atoms with Gasteiger partial charge in [-0.1, -0.05) is 153 Å². The van der Waals surface area contributed by atoms with Gasteiger partial charge in [0, 0.05) is 10.9 Å². The fraction of sp³-hybridized carbons (Fsp3) is 0.368. The minimum Gasteiger partial charge on any atom is -0.194 e. The van der Waals surface area contributed by atoms with E-state index in [0.29, 0.717) is 0 Å². The molecule has 0 radical (unpaired) electrons. The summed E-state index contributed by atoms with van der Waals surface area (Å²) in [5.41, 5.74) is -30.2. The molecule has 0 saturated heterocycles. The van der Waals surface area contributed by atoms with Crippen LogP contribution in [0.4, 0.5) is 105 Å². The van der Waals surface area contributed by atoms with Gasteiger partial charge in [-0.25, -0.2) is 0 Å². The molecule has 0 fully saturated rings. The first-order chi connectivity index (χ1) is 32.0. The fourth-order valence-electron chi connectivity index (χ4n) is 7.25. The maximum absolute atomic E-state index is 14.2. The molecule has 0 aliphatic carbocycles. The Morgan fingerprint density at radius 2 is 0.384 bits per heavy atom. The Kier molecular flexibility index (Phi) is 18.7. The smallest absolute Gasteiger partial charge is 0.194 e. The lowest BCUT2D eigenvalue weighted by Crippen LogP contribution is -2.75. The predicted molar refractivity (Wildman–Crippen MR) is 233 cm³/mol. The summed E-state index contributed by atoms with van der Waals surface area (Å²) in [6.07, 6.45) is -51.5. The summed E-state index contributed by atoms with van der Waals surface area (Å²) in [5, 5.41) is 0. The molecule has 4 aromatic carbocycles. The molecule has 73 heavy (non-hydrogen) atoms.